The first-order valence-electron chi connectivity index (χ1n) is 4.14. The van der Waals surface area contributed by atoms with E-state index in [1.54, 1.807) is 0 Å². The zero-order valence-electron chi connectivity index (χ0n) is 7.58. The van der Waals surface area contributed by atoms with Crippen molar-refractivity contribution in [3.05, 3.63) is 0 Å². The average molecular weight is 172 g/mol. The van der Waals surface area contributed by atoms with Crippen LogP contribution in [0.5, 0.6) is 0 Å². The van der Waals surface area contributed by atoms with Crippen molar-refractivity contribution in [1.82, 2.24) is 4.90 Å². The molecular weight excluding hydrogens is 156 g/mol. The van der Waals surface area contributed by atoms with Gasteiger partial charge >= 0.3 is 5.97 Å². The Bertz CT molecular complexity index is 183. The summed E-state index contributed by atoms with van der Waals surface area (Å²) in [6.45, 7) is 2.75. The lowest BCUT2D eigenvalue weighted by atomic mass is 9.94. The van der Waals surface area contributed by atoms with Crippen LogP contribution in [-0.4, -0.2) is 41.1 Å². The van der Waals surface area contributed by atoms with Gasteiger partial charge in [-0.2, -0.15) is 0 Å². The topological polar surface area (TPSA) is 66.6 Å². The van der Waals surface area contributed by atoms with Crippen molar-refractivity contribution in [3.63, 3.8) is 0 Å². The highest BCUT2D eigenvalue weighted by Gasteiger charge is 2.38. The van der Waals surface area contributed by atoms with Gasteiger partial charge < -0.3 is 15.7 Å². The van der Waals surface area contributed by atoms with E-state index >= 15 is 0 Å². The van der Waals surface area contributed by atoms with Crippen LogP contribution in [-0.2, 0) is 4.79 Å². The molecule has 0 spiro atoms. The summed E-state index contributed by atoms with van der Waals surface area (Å²) in [5.74, 6) is -0.806. The molecule has 2 unspecified atom stereocenters. The lowest BCUT2D eigenvalue weighted by molar-refractivity contribution is -0.138. The Labute approximate surface area is 72.3 Å². The van der Waals surface area contributed by atoms with Crippen LogP contribution in [0.15, 0.2) is 0 Å². The maximum absolute atomic E-state index is 10.5. The maximum Gasteiger partial charge on any atom is 0.305 e. The molecule has 0 saturated carbocycles. The molecule has 1 aliphatic heterocycles. The van der Waals surface area contributed by atoms with Gasteiger partial charge in [0, 0.05) is 18.1 Å². The van der Waals surface area contributed by atoms with Crippen molar-refractivity contribution in [3.8, 4) is 0 Å². The quantitative estimate of drug-likeness (QED) is 0.609. The third-order valence-corrected chi connectivity index (χ3v) is 2.52. The van der Waals surface area contributed by atoms with E-state index in [9.17, 15) is 4.79 Å². The van der Waals surface area contributed by atoms with E-state index in [0.29, 0.717) is 12.6 Å². The molecule has 1 rings (SSSR count). The van der Waals surface area contributed by atoms with E-state index in [1.165, 1.54) is 0 Å². The molecule has 0 radical (unpaired) electrons. The zero-order valence-corrected chi connectivity index (χ0v) is 7.58. The van der Waals surface area contributed by atoms with Gasteiger partial charge in [0.15, 0.2) is 0 Å². The molecule has 0 bridgehead atoms. The molecule has 1 heterocycles. The number of aliphatic carboxylic acids is 1. The third-order valence-electron chi connectivity index (χ3n) is 2.52. The number of carbonyl (C=O) groups is 1. The van der Waals surface area contributed by atoms with Gasteiger partial charge in [-0.3, -0.25) is 4.79 Å². The molecule has 1 saturated heterocycles. The number of carboxylic acid groups (broad SMARTS) is 1. The highest BCUT2D eigenvalue weighted by Crippen LogP contribution is 2.25. The predicted octanol–water partition coefficient (Wildman–Crippen LogP) is -0.117. The fourth-order valence-corrected chi connectivity index (χ4v) is 1.89. The molecule has 0 aliphatic carbocycles. The zero-order chi connectivity index (χ0) is 9.35. The Morgan fingerprint density at radius 3 is 2.75 bits per heavy atom. The molecule has 3 N–H and O–H groups in total. The van der Waals surface area contributed by atoms with Crippen molar-refractivity contribution in [2.45, 2.75) is 31.3 Å². The third kappa shape index (κ3) is 1.95. The van der Waals surface area contributed by atoms with Crippen molar-refractivity contribution in [2.75, 3.05) is 13.6 Å². The highest BCUT2D eigenvalue weighted by molar-refractivity contribution is 5.68. The molecule has 0 aromatic heterocycles. The number of hydrogen-bond acceptors (Lipinski definition) is 3. The normalized spacial score (nSPS) is 37.1. The standard InChI is InChI=1S/C8H16N2O2/c1-6-3-8(9,4-7(11)12)5-10(6)2/h6H,3-5,9H2,1-2H3,(H,11,12). The number of nitrogens with zero attached hydrogens (tertiary/aromatic N) is 1. The molecule has 4 nitrogen and oxygen atoms in total. The van der Waals surface area contributed by atoms with Crippen molar-refractivity contribution < 1.29 is 9.90 Å². The summed E-state index contributed by atoms with van der Waals surface area (Å²) in [5.41, 5.74) is 5.40. The molecular formula is C8H16N2O2. The molecule has 0 aromatic rings. The fourth-order valence-electron chi connectivity index (χ4n) is 1.89. The lowest BCUT2D eigenvalue weighted by Gasteiger charge is -2.20. The second-order valence-corrected chi connectivity index (χ2v) is 3.90. The average Bonchev–Trinajstić information content (AvgIpc) is 2.04. The van der Waals surface area contributed by atoms with E-state index in [1.807, 2.05) is 7.05 Å². The minimum Gasteiger partial charge on any atom is -0.481 e. The van der Waals surface area contributed by atoms with Gasteiger partial charge in [0.1, 0.15) is 0 Å². The Hall–Kier alpha value is -0.610. The molecule has 0 amide bonds. The SMILES string of the molecule is CC1CC(N)(CC(=O)O)CN1C. The van der Waals surface area contributed by atoms with Gasteiger partial charge in [-0.25, -0.2) is 0 Å². The van der Waals surface area contributed by atoms with E-state index in [0.717, 1.165) is 6.42 Å². The first kappa shape index (κ1) is 9.48. The van der Waals surface area contributed by atoms with E-state index < -0.39 is 11.5 Å². The van der Waals surface area contributed by atoms with Crippen molar-refractivity contribution in [1.29, 1.82) is 0 Å². The Morgan fingerprint density at radius 1 is 1.83 bits per heavy atom. The summed E-state index contributed by atoms with van der Waals surface area (Å²) < 4.78 is 0. The Kier molecular flexibility index (Phi) is 2.39. The van der Waals surface area contributed by atoms with Crippen LogP contribution in [0.25, 0.3) is 0 Å². The van der Waals surface area contributed by atoms with Crippen molar-refractivity contribution in [2.24, 2.45) is 5.73 Å². The molecule has 1 fully saturated rings. The van der Waals surface area contributed by atoms with Crippen molar-refractivity contribution >= 4 is 5.97 Å². The Balaban J connectivity index is 2.57. The minimum absolute atomic E-state index is 0.0711. The summed E-state index contributed by atoms with van der Waals surface area (Å²) in [6, 6.07) is 0.398. The van der Waals surface area contributed by atoms with Gasteiger partial charge in [0.05, 0.1) is 6.42 Å². The largest absolute Gasteiger partial charge is 0.481 e. The van der Waals surface area contributed by atoms with E-state index in [2.05, 4.69) is 11.8 Å². The summed E-state index contributed by atoms with van der Waals surface area (Å²) in [6.07, 6.45) is 0.845. The Morgan fingerprint density at radius 2 is 2.42 bits per heavy atom. The summed E-state index contributed by atoms with van der Waals surface area (Å²) >= 11 is 0. The lowest BCUT2D eigenvalue weighted by Crippen LogP contribution is -2.44. The summed E-state index contributed by atoms with van der Waals surface area (Å²) in [7, 11) is 1.97. The van der Waals surface area contributed by atoms with Crippen LogP contribution in [0.3, 0.4) is 0 Å². The second-order valence-electron chi connectivity index (χ2n) is 3.90. The van der Waals surface area contributed by atoms with Gasteiger partial charge in [0.2, 0.25) is 0 Å². The van der Waals surface area contributed by atoms with Crippen LogP contribution in [0.1, 0.15) is 19.8 Å². The minimum atomic E-state index is -0.806. The van der Waals surface area contributed by atoms with Crippen LogP contribution < -0.4 is 5.73 Å². The maximum atomic E-state index is 10.5. The van der Waals surface area contributed by atoms with Crippen LogP contribution in [0.2, 0.25) is 0 Å². The van der Waals surface area contributed by atoms with Gasteiger partial charge in [0.25, 0.3) is 0 Å². The second kappa shape index (κ2) is 3.03. The molecule has 70 valence electrons. The van der Waals surface area contributed by atoms with Crippen LogP contribution >= 0.6 is 0 Å². The fraction of sp³-hybridized carbons (Fsp3) is 0.875. The molecule has 2 atom stereocenters. The van der Waals surface area contributed by atoms with Crippen LogP contribution in [0, 0.1) is 0 Å². The number of carboxylic acids is 1. The summed E-state index contributed by atoms with van der Waals surface area (Å²) in [5, 5.41) is 8.61. The first-order chi connectivity index (χ1) is 5.43. The van der Waals surface area contributed by atoms with E-state index in [4.69, 9.17) is 10.8 Å². The number of hydrogen-bond donors (Lipinski definition) is 2. The number of likely N-dealkylation sites (tertiary alicyclic amines) is 1. The number of rotatable bonds is 2. The number of nitrogens with two attached hydrogens (primary N) is 1. The predicted molar refractivity (Wildman–Crippen MR) is 45.9 cm³/mol. The monoisotopic (exact) mass is 172 g/mol. The molecule has 4 heteroatoms. The summed E-state index contributed by atoms with van der Waals surface area (Å²) in [4.78, 5) is 12.6. The molecule has 1 aliphatic rings. The van der Waals surface area contributed by atoms with Gasteiger partial charge in [-0.05, 0) is 20.4 Å². The van der Waals surface area contributed by atoms with E-state index in [-0.39, 0.29) is 6.42 Å². The highest BCUT2D eigenvalue weighted by atomic mass is 16.4. The first-order valence-corrected chi connectivity index (χ1v) is 4.14. The smallest absolute Gasteiger partial charge is 0.305 e. The van der Waals surface area contributed by atoms with Gasteiger partial charge in [-0.1, -0.05) is 0 Å². The molecule has 0 aromatic carbocycles. The van der Waals surface area contributed by atoms with Crippen LogP contribution in [0.4, 0.5) is 0 Å². The number of likely N-dealkylation sites (N-methyl/N-ethyl adjacent to an activating group) is 1. The van der Waals surface area contributed by atoms with Gasteiger partial charge in [-0.15, -0.1) is 0 Å². The molecule has 12 heavy (non-hydrogen) atoms.